The van der Waals surface area contributed by atoms with E-state index in [2.05, 4.69) is 6.58 Å². The Labute approximate surface area is 89.0 Å². The van der Waals surface area contributed by atoms with Crippen LogP contribution in [-0.2, 0) is 4.79 Å². The molecule has 0 saturated heterocycles. The monoisotopic (exact) mass is 205 g/mol. The highest BCUT2D eigenvalue weighted by Crippen LogP contribution is 2.17. The zero-order valence-electron chi connectivity index (χ0n) is 8.66. The first-order valence-electron chi connectivity index (χ1n) is 4.78. The molecule has 1 aromatic rings. The summed E-state index contributed by atoms with van der Waals surface area (Å²) in [5.74, 6) is -0.524. The van der Waals surface area contributed by atoms with Crippen molar-refractivity contribution in [2.45, 2.75) is 13.3 Å². The number of hydrogen-bond acceptors (Lipinski definition) is 3. The molecule has 15 heavy (non-hydrogen) atoms. The van der Waals surface area contributed by atoms with Crippen molar-refractivity contribution in [3.8, 4) is 5.75 Å². The van der Waals surface area contributed by atoms with Gasteiger partial charge in [0.05, 0.1) is 12.6 Å². The molecule has 3 nitrogen and oxygen atoms in total. The van der Waals surface area contributed by atoms with E-state index in [0.717, 1.165) is 12.2 Å². The van der Waals surface area contributed by atoms with E-state index in [-0.39, 0.29) is 5.57 Å². The van der Waals surface area contributed by atoms with Gasteiger partial charge in [0.25, 0.3) is 0 Å². The van der Waals surface area contributed by atoms with E-state index < -0.39 is 5.97 Å². The highest BCUT2D eigenvalue weighted by atomic mass is 16.5. The normalized spacial score (nSPS) is 9.67. The quantitative estimate of drug-likeness (QED) is 0.679. The third-order valence-corrected chi connectivity index (χ3v) is 1.92. The van der Waals surface area contributed by atoms with E-state index >= 15 is 0 Å². The highest BCUT2D eigenvalue weighted by Gasteiger charge is 1.99. The Balaban J connectivity index is 2.72. The average molecular weight is 205 g/mol. The van der Waals surface area contributed by atoms with E-state index in [0.29, 0.717) is 12.2 Å². The lowest BCUT2D eigenvalue weighted by molar-refractivity contribution is -0.295. The first-order chi connectivity index (χ1) is 7.15. The van der Waals surface area contributed by atoms with Crippen LogP contribution >= 0.6 is 0 Å². The lowest BCUT2D eigenvalue weighted by Gasteiger charge is -2.08. The molecular weight excluding hydrogens is 192 g/mol. The predicted octanol–water partition coefficient (Wildman–Crippen LogP) is 1.24. The molecule has 0 heterocycles. The van der Waals surface area contributed by atoms with Gasteiger partial charge in [-0.25, -0.2) is 0 Å². The smallest absolute Gasteiger partial charge is 0.119 e. The molecule has 0 atom stereocenters. The molecule has 0 bridgehead atoms. The third kappa shape index (κ3) is 3.13. The van der Waals surface area contributed by atoms with E-state index in [1.165, 1.54) is 0 Å². The van der Waals surface area contributed by atoms with Crippen molar-refractivity contribution in [2.75, 3.05) is 6.61 Å². The number of carbonyl (C=O) groups is 1. The van der Waals surface area contributed by atoms with Crippen LogP contribution in [0.2, 0.25) is 0 Å². The van der Waals surface area contributed by atoms with Gasteiger partial charge in [-0.3, -0.25) is 0 Å². The van der Waals surface area contributed by atoms with Gasteiger partial charge in [-0.05, 0) is 29.7 Å². The predicted molar refractivity (Wildman–Crippen MR) is 56.3 cm³/mol. The lowest BCUT2D eigenvalue weighted by Crippen LogP contribution is -2.22. The van der Waals surface area contributed by atoms with Crippen molar-refractivity contribution in [3.63, 3.8) is 0 Å². The van der Waals surface area contributed by atoms with Gasteiger partial charge in [-0.15, -0.1) is 0 Å². The zero-order valence-corrected chi connectivity index (χ0v) is 8.66. The van der Waals surface area contributed by atoms with E-state index in [9.17, 15) is 9.90 Å². The van der Waals surface area contributed by atoms with Crippen LogP contribution in [0.15, 0.2) is 30.8 Å². The highest BCUT2D eigenvalue weighted by molar-refractivity contribution is 6.13. The van der Waals surface area contributed by atoms with Crippen molar-refractivity contribution in [2.24, 2.45) is 0 Å². The molecule has 0 radical (unpaired) electrons. The molecule has 80 valence electrons. The van der Waals surface area contributed by atoms with E-state index in [1.54, 1.807) is 24.3 Å². The molecule has 0 aliphatic carbocycles. The number of hydrogen-bond donors (Lipinski definition) is 0. The number of carbonyl (C=O) groups excluding carboxylic acids is 1. The Hall–Kier alpha value is -1.77. The van der Waals surface area contributed by atoms with Crippen LogP contribution in [0.3, 0.4) is 0 Å². The molecule has 0 fully saturated rings. The van der Waals surface area contributed by atoms with Crippen molar-refractivity contribution in [1.82, 2.24) is 0 Å². The number of aliphatic carboxylic acids is 1. The van der Waals surface area contributed by atoms with Gasteiger partial charge >= 0.3 is 0 Å². The maximum atomic E-state index is 10.5. The van der Waals surface area contributed by atoms with Gasteiger partial charge in [0.1, 0.15) is 5.75 Å². The summed E-state index contributed by atoms with van der Waals surface area (Å²) in [6, 6.07) is 6.75. The largest absolute Gasteiger partial charge is 0.545 e. The molecule has 1 aromatic carbocycles. The first kappa shape index (κ1) is 11.3. The second-order valence-corrected chi connectivity index (χ2v) is 3.14. The van der Waals surface area contributed by atoms with Gasteiger partial charge < -0.3 is 14.6 Å². The first-order valence-corrected chi connectivity index (χ1v) is 4.78. The summed E-state index contributed by atoms with van der Waals surface area (Å²) >= 11 is 0. The molecule has 0 amide bonds. The molecule has 0 saturated carbocycles. The molecule has 0 N–H and O–H groups in total. The molecule has 0 spiro atoms. The topological polar surface area (TPSA) is 49.4 Å². The van der Waals surface area contributed by atoms with Crippen LogP contribution in [0.25, 0.3) is 5.57 Å². The summed E-state index contributed by atoms with van der Waals surface area (Å²) in [7, 11) is 0. The average Bonchev–Trinajstić information content (AvgIpc) is 2.26. The molecule has 0 unspecified atom stereocenters. The zero-order chi connectivity index (χ0) is 11.3. The summed E-state index contributed by atoms with van der Waals surface area (Å²) in [5, 5.41) is 10.5. The molecule has 3 heteroatoms. The fraction of sp³-hybridized carbons (Fsp3) is 0.250. The summed E-state index contributed by atoms with van der Waals surface area (Å²) in [6.45, 7) is 6.09. The van der Waals surface area contributed by atoms with Gasteiger partial charge in [-0.2, -0.15) is 0 Å². The maximum absolute atomic E-state index is 10.5. The Morgan fingerprint density at radius 1 is 1.40 bits per heavy atom. The molecule has 1 rings (SSSR count). The van der Waals surface area contributed by atoms with Crippen molar-refractivity contribution in [3.05, 3.63) is 36.4 Å². The third-order valence-electron chi connectivity index (χ3n) is 1.92. The number of carboxylic acids is 1. The van der Waals surface area contributed by atoms with Crippen LogP contribution in [-0.4, -0.2) is 12.6 Å². The molecular formula is C12H13O3-. The summed E-state index contributed by atoms with van der Waals surface area (Å²) in [5.41, 5.74) is 0.524. The summed E-state index contributed by atoms with van der Waals surface area (Å²) < 4.78 is 5.36. The van der Waals surface area contributed by atoms with E-state index in [1.807, 2.05) is 6.92 Å². The minimum Gasteiger partial charge on any atom is -0.545 e. The SMILES string of the molecule is C=C(C(=O)[O-])c1ccc(OCCC)cc1. The molecule has 0 aliphatic heterocycles. The fourth-order valence-electron chi connectivity index (χ4n) is 1.09. The standard InChI is InChI=1S/C12H14O3/c1-3-8-15-11-6-4-10(5-7-11)9(2)12(13)14/h4-7H,2-3,8H2,1H3,(H,13,14)/p-1. The Morgan fingerprint density at radius 3 is 2.47 bits per heavy atom. The van der Waals surface area contributed by atoms with Gasteiger partial charge in [0, 0.05) is 0 Å². The minimum atomic E-state index is -1.25. The Kier molecular flexibility index (Phi) is 3.92. The van der Waals surface area contributed by atoms with Crippen molar-refractivity contribution < 1.29 is 14.6 Å². The van der Waals surface area contributed by atoms with Crippen LogP contribution in [0.1, 0.15) is 18.9 Å². The maximum Gasteiger partial charge on any atom is 0.119 e. The Morgan fingerprint density at radius 2 is 2.00 bits per heavy atom. The van der Waals surface area contributed by atoms with Crippen LogP contribution < -0.4 is 9.84 Å². The van der Waals surface area contributed by atoms with Crippen LogP contribution in [0.5, 0.6) is 5.75 Å². The number of benzene rings is 1. The second-order valence-electron chi connectivity index (χ2n) is 3.14. The molecule has 0 aromatic heterocycles. The summed E-state index contributed by atoms with van der Waals surface area (Å²) in [4.78, 5) is 10.5. The number of rotatable bonds is 5. The fourth-order valence-corrected chi connectivity index (χ4v) is 1.09. The lowest BCUT2D eigenvalue weighted by atomic mass is 10.1. The van der Waals surface area contributed by atoms with Crippen LogP contribution in [0, 0.1) is 0 Å². The second kappa shape index (κ2) is 5.20. The number of carboxylic acid groups (broad SMARTS) is 1. The van der Waals surface area contributed by atoms with Gasteiger partial charge in [0.2, 0.25) is 0 Å². The summed E-state index contributed by atoms with van der Waals surface area (Å²) in [6.07, 6.45) is 0.938. The van der Waals surface area contributed by atoms with Crippen molar-refractivity contribution >= 4 is 11.5 Å². The minimum absolute atomic E-state index is 0.0166. The van der Waals surface area contributed by atoms with E-state index in [4.69, 9.17) is 4.74 Å². The molecule has 0 aliphatic rings. The van der Waals surface area contributed by atoms with Gasteiger partial charge in [-0.1, -0.05) is 25.6 Å². The Bertz CT molecular complexity index is 352. The van der Waals surface area contributed by atoms with Crippen molar-refractivity contribution in [1.29, 1.82) is 0 Å². The van der Waals surface area contributed by atoms with Crippen LogP contribution in [0.4, 0.5) is 0 Å². The van der Waals surface area contributed by atoms with Gasteiger partial charge in [0.15, 0.2) is 0 Å². The number of ether oxygens (including phenoxy) is 1.